The van der Waals surface area contributed by atoms with Crippen molar-refractivity contribution in [2.45, 2.75) is 63.4 Å². The lowest BCUT2D eigenvalue weighted by atomic mass is 10.1. The first-order valence-electron chi connectivity index (χ1n) is 19.8. The zero-order valence-electron chi connectivity index (χ0n) is 34.8. The zero-order valence-corrected chi connectivity index (χ0v) is 36.4. The Labute approximate surface area is 362 Å². The Morgan fingerprint density at radius 2 is 1.02 bits per heavy atom. The van der Waals surface area contributed by atoms with Gasteiger partial charge in [0.2, 0.25) is 11.0 Å². The van der Waals surface area contributed by atoms with E-state index in [1.807, 2.05) is 74.5 Å². The lowest BCUT2D eigenvalue weighted by molar-refractivity contribution is -0.671. The molecule has 2 amide bonds. The van der Waals surface area contributed by atoms with Crippen LogP contribution in [0.2, 0.25) is 0 Å². The highest BCUT2D eigenvalue weighted by Crippen LogP contribution is 2.20. The van der Waals surface area contributed by atoms with Crippen molar-refractivity contribution in [3.63, 3.8) is 0 Å². The summed E-state index contributed by atoms with van der Waals surface area (Å²) < 4.78 is 72.4. The second kappa shape index (κ2) is 21.3. The molecule has 0 fully saturated rings. The molecule has 2 aromatic heterocycles. The summed E-state index contributed by atoms with van der Waals surface area (Å²) in [7, 11) is -8.54. The number of pyridine rings is 2. The van der Waals surface area contributed by atoms with Gasteiger partial charge in [-0.05, 0) is 98.8 Å². The molecule has 5 aromatic carbocycles. The largest absolute Gasteiger partial charge is 0.744 e. The number of hydrogen-bond donors (Lipinski definition) is 2. The molecule has 7 rings (SSSR count). The van der Waals surface area contributed by atoms with E-state index in [1.165, 1.54) is 24.3 Å². The summed E-state index contributed by atoms with van der Waals surface area (Å²) in [4.78, 5) is 25.0. The minimum atomic E-state index is -4.27. The van der Waals surface area contributed by atoms with Crippen molar-refractivity contribution in [1.82, 2.24) is 0 Å². The second-order valence-electron chi connectivity index (χ2n) is 14.3. The number of anilines is 2. The number of aromatic nitrogens is 2. The zero-order chi connectivity index (χ0) is 44.9. The van der Waals surface area contributed by atoms with Crippen LogP contribution in [0.5, 0.6) is 5.75 Å². The predicted octanol–water partition coefficient (Wildman–Crippen LogP) is 7.46. The lowest BCUT2D eigenvalue weighted by Crippen LogP contribution is -2.33. The van der Waals surface area contributed by atoms with Gasteiger partial charge in [0.15, 0.2) is 19.0 Å². The van der Waals surface area contributed by atoms with Gasteiger partial charge in [0, 0.05) is 64.8 Å². The molecule has 0 radical (unpaired) electrons. The fourth-order valence-corrected chi connectivity index (χ4v) is 7.19. The van der Waals surface area contributed by atoms with Gasteiger partial charge >= 0.3 is 0 Å². The number of amides is 2. The summed E-state index contributed by atoms with van der Waals surface area (Å²) in [6.45, 7) is 9.70. The van der Waals surface area contributed by atoms with Crippen LogP contribution in [0.3, 0.4) is 0 Å². The number of nitrogens with one attached hydrogen (secondary N) is 2. The number of carbonyl (C=O) groups is 2. The highest BCUT2D eigenvalue weighted by Gasteiger charge is 2.13. The van der Waals surface area contributed by atoms with Gasteiger partial charge in [-0.25, -0.2) is 16.8 Å². The number of ether oxygens (including phenoxy) is 1. The molecule has 0 spiro atoms. The Morgan fingerprint density at radius 1 is 0.581 bits per heavy atom. The fraction of sp³-hybridized carbons (Fsp3) is 0.191. The number of hydrogen-bond acceptors (Lipinski definition) is 9. The third kappa shape index (κ3) is 13.5. The van der Waals surface area contributed by atoms with Crippen LogP contribution in [0.15, 0.2) is 156 Å². The molecule has 15 heteroatoms. The highest BCUT2D eigenvalue weighted by atomic mass is 32.2. The molecule has 0 saturated carbocycles. The Balaban J connectivity index is 0.000000267. The molecule has 0 saturated heterocycles. The van der Waals surface area contributed by atoms with Gasteiger partial charge in [-0.2, -0.15) is 9.13 Å². The third-order valence-electron chi connectivity index (χ3n) is 9.33. The van der Waals surface area contributed by atoms with Crippen molar-refractivity contribution in [3.05, 3.63) is 163 Å². The molecule has 322 valence electrons. The molecule has 13 nitrogen and oxygen atoms in total. The van der Waals surface area contributed by atoms with Gasteiger partial charge in [-0.15, -0.1) is 0 Å². The van der Waals surface area contributed by atoms with Crippen LogP contribution < -0.4 is 24.5 Å². The number of benzene rings is 5. The smallest absolute Gasteiger partial charge is 0.262 e. The molecule has 7 aromatic rings. The van der Waals surface area contributed by atoms with E-state index in [2.05, 4.69) is 46.0 Å². The molecular weight excluding hydrogens is 829 g/mol. The number of carbonyl (C=O) groups excluding carboxylic acids is 2. The van der Waals surface area contributed by atoms with E-state index < -0.39 is 20.2 Å². The first-order chi connectivity index (χ1) is 29.5. The molecule has 0 aliphatic heterocycles. The fourth-order valence-electron chi connectivity index (χ4n) is 6.25. The number of nitrogens with zero attached hydrogens (tertiary/aromatic N) is 2. The van der Waals surface area contributed by atoms with Crippen LogP contribution in [0, 0.1) is 13.8 Å². The van der Waals surface area contributed by atoms with Crippen molar-refractivity contribution in [1.29, 1.82) is 0 Å². The van der Waals surface area contributed by atoms with Crippen LogP contribution in [0.1, 0.15) is 48.2 Å². The van der Waals surface area contributed by atoms with Crippen LogP contribution in [0.4, 0.5) is 11.4 Å². The summed E-state index contributed by atoms with van der Waals surface area (Å²) >= 11 is 0. The van der Waals surface area contributed by atoms with Crippen LogP contribution in [-0.2, 0) is 38.1 Å². The molecular formula is C47H48N4O9S2. The van der Waals surface area contributed by atoms with Crippen LogP contribution in [-0.4, -0.2) is 44.4 Å². The van der Waals surface area contributed by atoms with Crippen molar-refractivity contribution < 1.29 is 49.4 Å². The van der Waals surface area contributed by atoms with Crippen LogP contribution >= 0.6 is 0 Å². The van der Waals surface area contributed by atoms with Crippen molar-refractivity contribution in [3.8, 4) is 5.75 Å². The van der Waals surface area contributed by atoms with Crippen molar-refractivity contribution in [2.24, 2.45) is 0 Å². The first-order valence-corrected chi connectivity index (χ1v) is 22.6. The van der Waals surface area contributed by atoms with Gasteiger partial charge in [0.25, 0.3) is 11.8 Å². The summed E-state index contributed by atoms with van der Waals surface area (Å²) in [6, 6.07) is 38.3. The molecule has 2 heterocycles. The van der Waals surface area contributed by atoms with Crippen LogP contribution in [0.25, 0.3) is 21.8 Å². The van der Waals surface area contributed by atoms with Crippen molar-refractivity contribution >= 4 is 65.2 Å². The van der Waals surface area contributed by atoms with E-state index in [1.54, 1.807) is 48.5 Å². The predicted molar refractivity (Wildman–Crippen MR) is 236 cm³/mol. The monoisotopic (exact) mass is 876 g/mol. The van der Waals surface area contributed by atoms with E-state index in [9.17, 15) is 35.5 Å². The summed E-state index contributed by atoms with van der Waals surface area (Å²) in [5.74, 6) is 0.0460. The maximum Gasteiger partial charge on any atom is 0.262 e. The van der Waals surface area contributed by atoms with Gasteiger partial charge in [0.1, 0.15) is 39.1 Å². The molecule has 0 aliphatic rings. The summed E-state index contributed by atoms with van der Waals surface area (Å²) in [6.07, 6.45) is 6.24. The quantitative estimate of drug-likeness (QED) is 0.0928. The number of rotatable bonds is 12. The van der Waals surface area contributed by atoms with E-state index in [0.717, 1.165) is 70.2 Å². The molecule has 2 N–H and O–H groups in total. The molecule has 0 aliphatic carbocycles. The second-order valence-corrected chi connectivity index (χ2v) is 17.1. The lowest BCUT2D eigenvalue weighted by Gasteiger charge is -2.10. The minimum absolute atomic E-state index is 0.136. The normalized spacial score (nSPS) is 11.1. The van der Waals surface area contributed by atoms with E-state index >= 15 is 0 Å². The number of aryl methyl sites for hydroxylation is 4. The number of fused-ring (bicyclic) bond motifs is 2. The van der Waals surface area contributed by atoms with Crippen molar-refractivity contribution in [2.75, 3.05) is 17.2 Å². The van der Waals surface area contributed by atoms with Gasteiger partial charge in [0.05, 0.1) is 9.79 Å². The summed E-state index contributed by atoms with van der Waals surface area (Å²) in [5, 5.41) is 8.00. The Hall–Kier alpha value is -6.52. The molecule has 62 heavy (non-hydrogen) atoms. The standard InChI is InChI=1S/C33H32N4O3.2C7H8O3S/c1-3-17-36-19-5-7-25-21-27(11-15-30(25)36)34-32(38)23-40-29-13-9-24(10-14-29)33(39)35-28-12-16-31-26(22-28)8-6-20-37(31)18-4-2;2*1-6-2-4-7(5-3-6)11(8,9)10/h5-16,19-22H,3-4,17-18,23H2,1-2H3;2*2-5H,1H3,(H,8,9,10). The molecule has 0 atom stereocenters. The molecule has 0 bridgehead atoms. The van der Waals surface area contributed by atoms with E-state index in [4.69, 9.17) is 4.74 Å². The summed E-state index contributed by atoms with van der Waals surface area (Å²) in [5.41, 5.74) is 6.07. The van der Waals surface area contributed by atoms with Gasteiger partial charge in [-0.1, -0.05) is 49.2 Å². The Kier molecular flexibility index (Phi) is 16.0. The maximum absolute atomic E-state index is 12.8. The third-order valence-corrected chi connectivity index (χ3v) is 11.0. The Morgan fingerprint density at radius 3 is 1.44 bits per heavy atom. The first kappa shape index (κ1) is 46.5. The topological polar surface area (TPSA) is 190 Å². The van der Waals surface area contributed by atoms with Gasteiger partial charge < -0.3 is 24.5 Å². The van der Waals surface area contributed by atoms with E-state index in [-0.39, 0.29) is 28.2 Å². The SMILES string of the molecule is CCC[n+]1cccc2cc(NC(=O)COc3ccc(C(=O)Nc4ccc5c(ccc[n+]5CCC)c4)cc3)ccc21.Cc1ccc(S(=O)(=O)[O-])cc1.Cc1ccc(S(=O)(=O)[O-])cc1. The minimum Gasteiger partial charge on any atom is -0.744 e. The average molecular weight is 877 g/mol. The van der Waals surface area contributed by atoms with E-state index in [0.29, 0.717) is 11.3 Å². The Bertz CT molecular complexity index is 2800. The highest BCUT2D eigenvalue weighted by molar-refractivity contribution is 7.86. The van der Waals surface area contributed by atoms with Gasteiger partial charge in [-0.3, -0.25) is 9.59 Å². The maximum atomic E-state index is 12.8. The molecule has 0 unspecified atom stereocenters. The average Bonchev–Trinajstić information content (AvgIpc) is 3.23.